The van der Waals surface area contributed by atoms with Crippen LogP contribution in [0.2, 0.25) is 0 Å². The van der Waals surface area contributed by atoms with Gasteiger partial charge in [0.15, 0.2) is 5.16 Å². The highest BCUT2D eigenvalue weighted by atomic mass is 32.2. The first-order chi connectivity index (χ1) is 14.6. The Morgan fingerprint density at radius 3 is 2.67 bits per heavy atom. The molecule has 0 unspecified atom stereocenters. The quantitative estimate of drug-likeness (QED) is 0.358. The Morgan fingerprint density at radius 2 is 1.83 bits per heavy atom. The van der Waals surface area contributed by atoms with Crippen LogP contribution in [0, 0.1) is 5.92 Å². The van der Waals surface area contributed by atoms with Crippen molar-refractivity contribution in [3.63, 3.8) is 0 Å². The standard InChI is InChI=1S/C24H27N3O2S/c1-26-23(29)19-13-17-8-2-3-9-18(17)14-20(19)25-24(26)30-15-22(28)27-12-6-10-16-7-4-5-11-21(16)27/h2-3,8-9,13-14,16,21H,4-7,10-12,15H2,1H3/t16-,21-/m1/s1. The van der Waals surface area contributed by atoms with Crippen molar-refractivity contribution >= 4 is 39.3 Å². The highest BCUT2D eigenvalue weighted by Crippen LogP contribution is 2.35. The molecule has 5 nitrogen and oxygen atoms in total. The summed E-state index contributed by atoms with van der Waals surface area (Å²) in [5, 5.41) is 3.32. The number of fused-ring (bicyclic) bond motifs is 3. The average Bonchev–Trinajstić information content (AvgIpc) is 2.79. The third kappa shape index (κ3) is 3.51. The van der Waals surface area contributed by atoms with Crippen LogP contribution in [0.15, 0.2) is 46.3 Å². The van der Waals surface area contributed by atoms with Gasteiger partial charge in [0.1, 0.15) is 0 Å². The maximum Gasteiger partial charge on any atom is 0.261 e. The first kappa shape index (κ1) is 19.6. The molecule has 30 heavy (non-hydrogen) atoms. The number of hydrogen-bond donors (Lipinski definition) is 0. The van der Waals surface area contributed by atoms with Crippen molar-refractivity contribution in [1.82, 2.24) is 14.5 Å². The molecule has 1 aliphatic heterocycles. The largest absolute Gasteiger partial charge is 0.339 e. The molecule has 0 spiro atoms. The van der Waals surface area contributed by atoms with E-state index in [1.165, 1.54) is 37.4 Å². The molecule has 0 N–H and O–H groups in total. The van der Waals surface area contributed by atoms with E-state index in [0.29, 0.717) is 33.8 Å². The van der Waals surface area contributed by atoms with Gasteiger partial charge in [0, 0.05) is 19.6 Å². The van der Waals surface area contributed by atoms with E-state index in [1.807, 2.05) is 36.4 Å². The van der Waals surface area contributed by atoms with Gasteiger partial charge in [-0.3, -0.25) is 14.2 Å². The molecule has 2 fully saturated rings. The predicted octanol–water partition coefficient (Wildman–Crippen LogP) is 4.36. The van der Waals surface area contributed by atoms with Crippen LogP contribution < -0.4 is 5.56 Å². The van der Waals surface area contributed by atoms with E-state index in [2.05, 4.69) is 4.90 Å². The molecule has 2 aromatic carbocycles. The van der Waals surface area contributed by atoms with E-state index in [4.69, 9.17) is 4.98 Å². The number of carbonyl (C=O) groups excluding carboxylic acids is 1. The maximum atomic E-state index is 13.1. The van der Waals surface area contributed by atoms with Gasteiger partial charge in [-0.2, -0.15) is 0 Å². The number of hydrogen-bond acceptors (Lipinski definition) is 4. The lowest BCUT2D eigenvalue weighted by Gasteiger charge is -2.44. The van der Waals surface area contributed by atoms with Crippen molar-refractivity contribution in [3.05, 3.63) is 46.8 Å². The van der Waals surface area contributed by atoms with E-state index in [0.717, 1.165) is 30.2 Å². The van der Waals surface area contributed by atoms with Crippen molar-refractivity contribution < 1.29 is 4.79 Å². The number of aromatic nitrogens is 2. The molecule has 1 amide bonds. The van der Waals surface area contributed by atoms with Gasteiger partial charge in [-0.1, -0.05) is 48.9 Å². The van der Waals surface area contributed by atoms with Crippen molar-refractivity contribution in [2.45, 2.75) is 49.7 Å². The molecule has 1 aliphatic carbocycles. The molecule has 6 heteroatoms. The monoisotopic (exact) mass is 421 g/mol. The van der Waals surface area contributed by atoms with E-state index in [1.54, 1.807) is 11.6 Å². The Bertz CT molecular complexity index is 1170. The molecule has 5 rings (SSSR count). The number of amides is 1. The Labute approximate surface area is 180 Å². The van der Waals surface area contributed by atoms with E-state index >= 15 is 0 Å². The zero-order valence-electron chi connectivity index (χ0n) is 17.3. The van der Waals surface area contributed by atoms with Gasteiger partial charge in [-0.25, -0.2) is 4.98 Å². The second kappa shape index (κ2) is 8.06. The molecule has 2 aliphatic rings. The molecule has 156 valence electrons. The van der Waals surface area contributed by atoms with Crippen LogP contribution in [-0.4, -0.2) is 38.7 Å². The highest BCUT2D eigenvalue weighted by molar-refractivity contribution is 7.99. The van der Waals surface area contributed by atoms with Crippen molar-refractivity contribution in [2.24, 2.45) is 13.0 Å². The zero-order chi connectivity index (χ0) is 20.7. The van der Waals surface area contributed by atoms with Crippen LogP contribution in [0.5, 0.6) is 0 Å². The van der Waals surface area contributed by atoms with Crippen LogP contribution in [-0.2, 0) is 11.8 Å². The summed E-state index contributed by atoms with van der Waals surface area (Å²) in [7, 11) is 1.74. The average molecular weight is 422 g/mol. The molecule has 1 aromatic heterocycles. The van der Waals surface area contributed by atoms with Crippen LogP contribution >= 0.6 is 11.8 Å². The number of likely N-dealkylation sites (tertiary alicyclic amines) is 1. The number of rotatable bonds is 3. The molecular formula is C24H27N3O2S. The number of thioether (sulfide) groups is 1. The van der Waals surface area contributed by atoms with Crippen molar-refractivity contribution in [3.8, 4) is 0 Å². The van der Waals surface area contributed by atoms with Crippen molar-refractivity contribution in [1.29, 1.82) is 0 Å². The summed E-state index contributed by atoms with van der Waals surface area (Å²) >= 11 is 1.38. The molecule has 0 radical (unpaired) electrons. The van der Waals surface area contributed by atoms with Crippen LogP contribution in [0.1, 0.15) is 38.5 Å². The summed E-state index contributed by atoms with van der Waals surface area (Å²) in [6.07, 6.45) is 7.30. The van der Waals surface area contributed by atoms with E-state index < -0.39 is 0 Å². The van der Waals surface area contributed by atoms with Gasteiger partial charge in [-0.05, 0) is 54.5 Å². The molecule has 1 saturated carbocycles. The fourth-order valence-corrected chi connectivity index (χ4v) is 6.07. The Kier molecular flexibility index (Phi) is 5.27. The number of nitrogens with zero attached hydrogens (tertiary/aromatic N) is 3. The van der Waals surface area contributed by atoms with Gasteiger partial charge >= 0.3 is 0 Å². The SMILES string of the molecule is Cn1c(SCC(=O)N2CCC[C@H]3CCCC[C@H]32)nc2cc3ccccc3cc2c1=O. The summed E-state index contributed by atoms with van der Waals surface area (Å²) in [5.41, 5.74) is 0.628. The van der Waals surface area contributed by atoms with Gasteiger partial charge in [0.25, 0.3) is 5.56 Å². The molecule has 1 saturated heterocycles. The molecule has 2 heterocycles. The van der Waals surface area contributed by atoms with E-state index in [9.17, 15) is 9.59 Å². The minimum absolute atomic E-state index is 0.0639. The third-order valence-electron chi connectivity index (χ3n) is 6.79. The number of carbonyl (C=O) groups is 1. The fraction of sp³-hybridized carbons (Fsp3) is 0.458. The second-order valence-electron chi connectivity index (χ2n) is 8.60. The van der Waals surface area contributed by atoms with Gasteiger partial charge in [-0.15, -0.1) is 0 Å². The lowest BCUT2D eigenvalue weighted by Crippen LogP contribution is -2.50. The molecular weight excluding hydrogens is 394 g/mol. The molecule has 0 bridgehead atoms. The lowest BCUT2D eigenvalue weighted by atomic mass is 9.78. The highest BCUT2D eigenvalue weighted by Gasteiger charge is 2.35. The Hall–Kier alpha value is -2.34. The van der Waals surface area contributed by atoms with Crippen molar-refractivity contribution in [2.75, 3.05) is 12.3 Å². The van der Waals surface area contributed by atoms with Crippen LogP contribution in [0.3, 0.4) is 0 Å². The predicted molar refractivity (Wildman–Crippen MR) is 122 cm³/mol. The fourth-order valence-electron chi connectivity index (χ4n) is 5.21. The normalized spacial score (nSPS) is 21.7. The van der Waals surface area contributed by atoms with Crippen LogP contribution in [0.4, 0.5) is 0 Å². The molecule has 3 aromatic rings. The van der Waals surface area contributed by atoms with Gasteiger partial charge in [0.05, 0.1) is 16.7 Å². The second-order valence-corrected chi connectivity index (χ2v) is 9.55. The first-order valence-electron chi connectivity index (χ1n) is 10.9. The minimum atomic E-state index is -0.0639. The smallest absolute Gasteiger partial charge is 0.261 e. The summed E-state index contributed by atoms with van der Waals surface area (Å²) in [4.78, 5) is 32.8. The summed E-state index contributed by atoms with van der Waals surface area (Å²) < 4.78 is 1.58. The number of piperidine rings is 1. The van der Waals surface area contributed by atoms with Crippen LogP contribution in [0.25, 0.3) is 21.7 Å². The van der Waals surface area contributed by atoms with Gasteiger partial charge in [0.2, 0.25) is 5.91 Å². The topological polar surface area (TPSA) is 55.2 Å². The number of benzene rings is 2. The summed E-state index contributed by atoms with van der Waals surface area (Å²) in [6.45, 7) is 0.872. The minimum Gasteiger partial charge on any atom is -0.339 e. The maximum absolute atomic E-state index is 13.1. The Balaban J connectivity index is 1.39. The summed E-state index contributed by atoms with van der Waals surface area (Å²) in [6, 6.07) is 12.3. The lowest BCUT2D eigenvalue weighted by molar-refractivity contribution is -0.134. The molecule has 2 atom stereocenters. The first-order valence-corrected chi connectivity index (χ1v) is 11.9. The summed E-state index contributed by atoms with van der Waals surface area (Å²) in [5.74, 6) is 1.20. The zero-order valence-corrected chi connectivity index (χ0v) is 18.2. The van der Waals surface area contributed by atoms with E-state index in [-0.39, 0.29) is 11.5 Å². The Morgan fingerprint density at radius 1 is 1.10 bits per heavy atom. The van der Waals surface area contributed by atoms with Gasteiger partial charge < -0.3 is 4.90 Å². The third-order valence-corrected chi connectivity index (χ3v) is 7.81.